The SMILES string of the molecule is CCCCc1cccc(Cl)c1[N+](=O)[O-]. The smallest absolute Gasteiger partial charge is 0.258 e. The summed E-state index contributed by atoms with van der Waals surface area (Å²) in [5.74, 6) is 0. The Morgan fingerprint density at radius 3 is 2.79 bits per heavy atom. The van der Waals surface area contributed by atoms with Crippen LogP contribution in [0.25, 0.3) is 0 Å². The van der Waals surface area contributed by atoms with Crippen molar-refractivity contribution < 1.29 is 4.92 Å². The molecule has 0 spiro atoms. The number of benzene rings is 1. The van der Waals surface area contributed by atoms with Gasteiger partial charge in [0.05, 0.1) is 4.92 Å². The lowest BCUT2D eigenvalue weighted by Crippen LogP contribution is -1.96. The lowest BCUT2D eigenvalue weighted by molar-refractivity contribution is -0.385. The maximum absolute atomic E-state index is 10.7. The van der Waals surface area contributed by atoms with Crippen LogP contribution in [0, 0.1) is 10.1 Å². The van der Waals surface area contributed by atoms with Crippen LogP contribution in [0.2, 0.25) is 5.02 Å². The quantitative estimate of drug-likeness (QED) is 0.567. The predicted octanol–water partition coefficient (Wildman–Crippen LogP) is 3.59. The Labute approximate surface area is 87.8 Å². The van der Waals surface area contributed by atoms with Gasteiger partial charge in [-0.1, -0.05) is 37.1 Å². The number of nitrogens with zero attached hydrogens (tertiary/aromatic N) is 1. The third kappa shape index (κ3) is 2.45. The molecule has 0 fully saturated rings. The second-order valence-corrected chi connectivity index (χ2v) is 3.52. The van der Waals surface area contributed by atoms with E-state index in [-0.39, 0.29) is 10.7 Å². The van der Waals surface area contributed by atoms with Crippen LogP contribution in [-0.2, 0) is 6.42 Å². The first kappa shape index (κ1) is 11.0. The molecule has 0 aliphatic heterocycles. The summed E-state index contributed by atoms with van der Waals surface area (Å²) in [5.41, 5.74) is 0.784. The average Bonchev–Trinajstić information content (AvgIpc) is 2.14. The summed E-state index contributed by atoms with van der Waals surface area (Å²) >= 11 is 5.76. The number of unbranched alkanes of at least 4 members (excludes halogenated alkanes) is 1. The van der Waals surface area contributed by atoms with Crippen molar-refractivity contribution >= 4 is 17.3 Å². The summed E-state index contributed by atoms with van der Waals surface area (Å²) in [7, 11) is 0. The molecule has 76 valence electrons. The standard InChI is InChI=1S/C10H12ClNO2/c1-2-3-5-8-6-4-7-9(11)10(8)12(13)14/h4,6-7H,2-3,5H2,1H3. The molecule has 14 heavy (non-hydrogen) atoms. The number of para-hydroxylation sites is 1. The molecular formula is C10H12ClNO2. The van der Waals surface area contributed by atoms with Gasteiger partial charge in [0.2, 0.25) is 0 Å². The van der Waals surface area contributed by atoms with Crippen LogP contribution in [-0.4, -0.2) is 4.92 Å². The molecular weight excluding hydrogens is 202 g/mol. The maximum Gasteiger partial charge on any atom is 0.291 e. The van der Waals surface area contributed by atoms with Gasteiger partial charge < -0.3 is 0 Å². The van der Waals surface area contributed by atoms with Gasteiger partial charge in [-0.25, -0.2) is 0 Å². The molecule has 0 saturated carbocycles. The normalized spacial score (nSPS) is 10.1. The van der Waals surface area contributed by atoms with E-state index in [0.717, 1.165) is 18.4 Å². The van der Waals surface area contributed by atoms with Crippen LogP contribution in [0.5, 0.6) is 0 Å². The molecule has 0 unspecified atom stereocenters. The Kier molecular flexibility index (Phi) is 3.89. The van der Waals surface area contributed by atoms with Crippen LogP contribution in [0.4, 0.5) is 5.69 Å². The van der Waals surface area contributed by atoms with Crippen LogP contribution in [0.3, 0.4) is 0 Å². The second-order valence-electron chi connectivity index (χ2n) is 3.11. The Hall–Kier alpha value is -1.09. The minimum Gasteiger partial charge on any atom is -0.258 e. The molecule has 1 aromatic rings. The minimum absolute atomic E-state index is 0.0580. The molecule has 0 atom stereocenters. The van der Waals surface area contributed by atoms with Crippen LogP contribution in [0.15, 0.2) is 18.2 Å². The van der Waals surface area contributed by atoms with Crippen LogP contribution in [0.1, 0.15) is 25.3 Å². The van der Waals surface area contributed by atoms with Gasteiger partial charge in [-0.3, -0.25) is 10.1 Å². The van der Waals surface area contributed by atoms with E-state index in [4.69, 9.17) is 11.6 Å². The Bertz CT molecular complexity index is 339. The fourth-order valence-corrected chi connectivity index (χ4v) is 1.60. The summed E-state index contributed by atoms with van der Waals surface area (Å²) in [5, 5.41) is 11.0. The number of hydrogen-bond donors (Lipinski definition) is 0. The molecule has 0 saturated heterocycles. The van der Waals surface area contributed by atoms with Gasteiger partial charge in [0.15, 0.2) is 0 Å². The Morgan fingerprint density at radius 2 is 2.21 bits per heavy atom. The fourth-order valence-electron chi connectivity index (χ4n) is 1.33. The molecule has 0 radical (unpaired) electrons. The van der Waals surface area contributed by atoms with Crippen LogP contribution < -0.4 is 0 Å². The molecule has 0 amide bonds. The first-order valence-electron chi connectivity index (χ1n) is 4.58. The van der Waals surface area contributed by atoms with Crippen molar-refractivity contribution in [2.24, 2.45) is 0 Å². The van der Waals surface area contributed by atoms with Crippen molar-refractivity contribution in [3.8, 4) is 0 Å². The summed E-state index contributed by atoms with van der Waals surface area (Å²) in [6, 6.07) is 5.06. The van der Waals surface area contributed by atoms with E-state index in [0.29, 0.717) is 6.42 Å². The number of hydrogen-bond acceptors (Lipinski definition) is 2. The summed E-state index contributed by atoms with van der Waals surface area (Å²) in [4.78, 5) is 10.3. The number of nitro benzene ring substituents is 1. The van der Waals surface area contributed by atoms with Crippen molar-refractivity contribution in [1.29, 1.82) is 0 Å². The van der Waals surface area contributed by atoms with E-state index >= 15 is 0 Å². The van der Waals surface area contributed by atoms with Crippen molar-refractivity contribution in [3.63, 3.8) is 0 Å². The third-order valence-corrected chi connectivity index (χ3v) is 2.36. The van der Waals surface area contributed by atoms with Gasteiger partial charge in [-0.2, -0.15) is 0 Å². The monoisotopic (exact) mass is 213 g/mol. The van der Waals surface area contributed by atoms with E-state index in [1.165, 1.54) is 0 Å². The maximum atomic E-state index is 10.7. The first-order valence-corrected chi connectivity index (χ1v) is 4.96. The molecule has 0 N–H and O–H groups in total. The van der Waals surface area contributed by atoms with E-state index in [1.54, 1.807) is 18.2 Å². The fraction of sp³-hybridized carbons (Fsp3) is 0.400. The number of rotatable bonds is 4. The van der Waals surface area contributed by atoms with Crippen molar-refractivity contribution in [2.45, 2.75) is 26.2 Å². The number of aryl methyl sites for hydroxylation is 1. The zero-order chi connectivity index (χ0) is 10.6. The highest BCUT2D eigenvalue weighted by Gasteiger charge is 2.16. The summed E-state index contributed by atoms with van der Waals surface area (Å²) in [6.45, 7) is 2.05. The van der Waals surface area contributed by atoms with Crippen molar-refractivity contribution in [1.82, 2.24) is 0 Å². The number of nitro groups is 1. The molecule has 0 aliphatic carbocycles. The Balaban J connectivity index is 3.02. The zero-order valence-electron chi connectivity index (χ0n) is 8.00. The third-order valence-electron chi connectivity index (χ3n) is 2.05. The Morgan fingerprint density at radius 1 is 1.50 bits per heavy atom. The number of halogens is 1. The average molecular weight is 214 g/mol. The van der Waals surface area contributed by atoms with E-state index in [2.05, 4.69) is 6.92 Å². The summed E-state index contributed by atoms with van der Waals surface area (Å²) in [6.07, 6.45) is 2.68. The molecule has 1 aromatic carbocycles. The highest BCUT2D eigenvalue weighted by molar-refractivity contribution is 6.32. The first-order chi connectivity index (χ1) is 6.66. The molecule has 3 nitrogen and oxygen atoms in total. The van der Waals surface area contributed by atoms with E-state index < -0.39 is 4.92 Å². The van der Waals surface area contributed by atoms with Crippen LogP contribution >= 0.6 is 11.6 Å². The van der Waals surface area contributed by atoms with Gasteiger partial charge in [0.25, 0.3) is 5.69 Å². The molecule has 1 rings (SSSR count). The lowest BCUT2D eigenvalue weighted by atomic mass is 10.1. The molecule has 4 heteroatoms. The second kappa shape index (κ2) is 4.96. The largest absolute Gasteiger partial charge is 0.291 e. The highest BCUT2D eigenvalue weighted by atomic mass is 35.5. The van der Waals surface area contributed by atoms with E-state index in [9.17, 15) is 10.1 Å². The van der Waals surface area contributed by atoms with Gasteiger partial charge in [-0.15, -0.1) is 0 Å². The lowest BCUT2D eigenvalue weighted by Gasteiger charge is -2.02. The summed E-state index contributed by atoms with van der Waals surface area (Å²) < 4.78 is 0. The van der Waals surface area contributed by atoms with Crippen molar-refractivity contribution in [2.75, 3.05) is 0 Å². The molecule has 0 aromatic heterocycles. The van der Waals surface area contributed by atoms with Gasteiger partial charge in [0, 0.05) is 5.56 Å². The topological polar surface area (TPSA) is 43.1 Å². The van der Waals surface area contributed by atoms with Gasteiger partial charge >= 0.3 is 0 Å². The van der Waals surface area contributed by atoms with E-state index in [1.807, 2.05) is 0 Å². The predicted molar refractivity (Wildman–Crippen MR) is 56.7 cm³/mol. The van der Waals surface area contributed by atoms with Gasteiger partial charge in [-0.05, 0) is 18.9 Å². The molecule has 0 aliphatic rings. The molecule has 0 bridgehead atoms. The van der Waals surface area contributed by atoms with Gasteiger partial charge in [0.1, 0.15) is 5.02 Å². The highest BCUT2D eigenvalue weighted by Crippen LogP contribution is 2.29. The minimum atomic E-state index is -0.409. The molecule has 0 heterocycles. The zero-order valence-corrected chi connectivity index (χ0v) is 8.75. The van der Waals surface area contributed by atoms with Crippen molar-refractivity contribution in [3.05, 3.63) is 38.9 Å².